The Balaban J connectivity index is 2.65. The number of benzene rings is 1. The van der Waals surface area contributed by atoms with Crippen molar-refractivity contribution in [1.82, 2.24) is 5.32 Å². The molecular formula is C13H15ClN2O4. The monoisotopic (exact) mass is 298 g/mol. The van der Waals surface area contributed by atoms with Crippen LogP contribution in [0.5, 0.6) is 0 Å². The standard InChI is InChI=1S/C13H15ClN2O4/c1-20-11(17)7-6-10(12(15)18)16-13(19)8-2-4-9(14)5-3-8/h2-5,10H,6-7H2,1H3,(H2,15,18)(H,16,19)/t10-/m1/s1. The fraction of sp³-hybridized carbons (Fsp3) is 0.308. The number of carbonyl (C=O) groups is 3. The summed E-state index contributed by atoms with van der Waals surface area (Å²) in [7, 11) is 1.24. The van der Waals surface area contributed by atoms with Crippen LogP contribution in [0.25, 0.3) is 0 Å². The summed E-state index contributed by atoms with van der Waals surface area (Å²) >= 11 is 5.72. The summed E-state index contributed by atoms with van der Waals surface area (Å²) in [5.41, 5.74) is 5.53. The maximum Gasteiger partial charge on any atom is 0.305 e. The third-order valence-electron chi connectivity index (χ3n) is 2.62. The molecule has 0 aliphatic carbocycles. The molecule has 0 saturated heterocycles. The maximum atomic E-state index is 11.9. The Kier molecular flexibility index (Phi) is 5.99. The van der Waals surface area contributed by atoms with Crippen LogP contribution < -0.4 is 11.1 Å². The fourth-order valence-corrected chi connectivity index (χ4v) is 1.62. The van der Waals surface area contributed by atoms with Gasteiger partial charge in [-0.25, -0.2) is 0 Å². The Bertz CT molecular complexity index is 502. The molecule has 1 aromatic carbocycles. The van der Waals surface area contributed by atoms with Crippen LogP contribution in [0.3, 0.4) is 0 Å². The van der Waals surface area contributed by atoms with Gasteiger partial charge in [-0.3, -0.25) is 14.4 Å². The van der Waals surface area contributed by atoms with Crippen LogP contribution in [0.15, 0.2) is 24.3 Å². The lowest BCUT2D eigenvalue weighted by atomic mass is 10.1. The number of hydrogen-bond donors (Lipinski definition) is 2. The van der Waals surface area contributed by atoms with Gasteiger partial charge < -0.3 is 15.8 Å². The van der Waals surface area contributed by atoms with E-state index in [-0.39, 0.29) is 12.8 Å². The highest BCUT2D eigenvalue weighted by atomic mass is 35.5. The van der Waals surface area contributed by atoms with Gasteiger partial charge in [-0.15, -0.1) is 0 Å². The van der Waals surface area contributed by atoms with Crippen molar-refractivity contribution in [3.05, 3.63) is 34.9 Å². The highest BCUT2D eigenvalue weighted by Gasteiger charge is 2.20. The zero-order valence-corrected chi connectivity index (χ0v) is 11.6. The number of carbonyl (C=O) groups excluding carboxylic acids is 3. The van der Waals surface area contributed by atoms with E-state index in [4.69, 9.17) is 17.3 Å². The molecule has 0 aliphatic heterocycles. The van der Waals surface area contributed by atoms with E-state index in [1.54, 1.807) is 12.1 Å². The predicted octanol–water partition coefficient (Wildman–Crippen LogP) is 0.877. The zero-order valence-electron chi connectivity index (χ0n) is 10.9. The number of methoxy groups -OCH3 is 1. The number of halogens is 1. The molecule has 0 fully saturated rings. The Hall–Kier alpha value is -2.08. The summed E-state index contributed by atoms with van der Waals surface area (Å²) in [5.74, 6) is -1.65. The van der Waals surface area contributed by atoms with Gasteiger partial charge in [0.05, 0.1) is 7.11 Å². The molecule has 0 heterocycles. The van der Waals surface area contributed by atoms with Crippen LogP contribution in [-0.2, 0) is 14.3 Å². The van der Waals surface area contributed by atoms with Gasteiger partial charge in [0, 0.05) is 17.0 Å². The van der Waals surface area contributed by atoms with Crippen LogP contribution in [0, 0.1) is 0 Å². The molecule has 7 heteroatoms. The van der Waals surface area contributed by atoms with Crippen molar-refractivity contribution in [2.24, 2.45) is 5.73 Å². The Morgan fingerprint density at radius 1 is 1.30 bits per heavy atom. The van der Waals surface area contributed by atoms with Gasteiger partial charge >= 0.3 is 5.97 Å². The van der Waals surface area contributed by atoms with Crippen molar-refractivity contribution in [3.8, 4) is 0 Å². The van der Waals surface area contributed by atoms with E-state index in [9.17, 15) is 14.4 Å². The van der Waals surface area contributed by atoms with Crippen LogP contribution in [-0.4, -0.2) is 30.9 Å². The van der Waals surface area contributed by atoms with Crippen molar-refractivity contribution in [2.75, 3.05) is 7.11 Å². The van der Waals surface area contributed by atoms with Gasteiger partial charge in [-0.1, -0.05) is 11.6 Å². The Labute approximate surface area is 121 Å². The smallest absolute Gasteiger partial charge is 0.305 e. The molecule has 20 heavy (non-hydrogen) atoms. The number of esters is 1. The van der Waals surface area contributed by atoms with E-state index in [1.165, 1.54) is 19.2 Å². The minimum Gasteiger partial charge on any atom is -0.469 e. The summed E-state index contributed by atoms with van der Waals surface area (Å²) in [4.78, 5) is 34.2. The van der Waals surface area contributed by atoms with E-state index >= 15 is 0 Å². The quantitative estimate of drug-likeness (QED) is 0.762. The largest absolute Gasteiger partial charge is 0.469 e. The van der Waals surface area contributed by atoms with Crippen LogP contribution in [0.1, 0.15) is 23.2 Å². The lowest BCUT2D eigenvalue weighted by molar-refractivity contribution is -0.140. The van der Waals surface area contributed by atoms with E-state index in [1.807, 2.05) is 0 Å². The SMILES string of the molecule is COC(=O)CC[C@@H](NC(=O)c1ccc(Cl)cc1)C(N)=O. The first-order valence-electron chi connectivity index (χ1n) is 5.86. The van der Waals surface area contributed by atoms with Gasteiger partial charge in [0.2, 0.25) is 5.91 Å². The average Bonchev–Trinajstić information content (AvgIpc) is 2.43. The number of amides is 2. The molecule has 0 unspecified atom stereocenters. The average molecular weight is 299 g/mol. The minimum absolute atomic E-state index is 0.00892. The lowest BCUT2D eigenvalue weighted by Gasteiger charge is -2.14. The van der Waals surface area contributed by atoms with Crippen molar-refractivity contribution in [2.45, 2.75) is 18.9 Å². The molecule has 1 atom stereocenters. The molecular weight excluding hydrogens is 284 g/mol. The number of primary amides is 1. The van der Waals surface area contributed by atoms with Crippen LogP contribution in [0.2, 0.25) is 5.02 Å². The lowest BCUT2D eigenvalue weighted by Crippen LogP contribution is -2.44. The number of hydrogen-bond acceptors (Lipinski definition) is 4. The summed E-state index contributed by atoms with van der Waals surface area (Å²) in [6, 6.07) is 5.23. The molecule has 0 aromatic heterocycles. The third kappa shape index (κ3) is 4.89. The molecule has 0 radical (unpaired) electrons. The first kappa shape index (κ1) is 16.0. The maximum absolute atomic E-state index is 11.9. The summed E-state index contributed by atoms with van der Waals surface area (Å²) in [6.07, 6.45) is 0.0757. The number of nitrogens with one attached hydrogen (secondary N) is 1. The molecule has 3 N–H and O–H groups in total. The molecule has 6 nitrogen and oxygen atoms in total. The molecule has 1 rings (SSSR count). The molecule has 1 aromatic rings. The van der Waals surface area contributed by atoms with Gasteiger partial charge in [0.1, 0.15) is 6.04 Å². The molecule has 108 valence electrons. The molecule has 2 amide bonds. The number of ether oxygens (including phenoxy) is 1. The Morgan fingerprint density at radius 2 is 1.90 bits per heavy atom. The first-order chi connectivity index (χ1) is 9.43. The fourth-order valence-electron chi connectivity index (χ4n) is 1.49. The topological polar surface area (TPSA) is 98.5 Å². The number of nitrogens with two attached hydrogens (primary N) is 1. The predicted molar refractivity (Wildman–Crippen MR) is 73.2 cm³/mol. The summed E-state index contributed by atoms with van der Waals surface area (Å²) in [6.45, 7) is 0. The molecule has 0 spiro atoms. The van der Waals surface area contributed by atoms with E-state index in [2.05, 4.69) is 10.1 Å². The minimum atomic E-state index is -0.933. The third-order valence-corrected chi connectivity index (χ3v) is 2.87. The van der Waals surface area contributed by atoms with Gasteiger partial charge in [0.15, 0.2) is 0 Å². The first-order valence-corrected chi connectivity index (χ1v) is 6.24. The highest BCUT2D eigenvalue weighted by Crippen LogP contribution is 2.10. The highest BCUT2D eigenvalue weighted by molar-refractivity contribution is 6.30. The molecule has 0 aliphatic rings. The normalized spacial score (nSPS) is 11.5. The molecule has 0 bridgehead atoms. The van der Waals surface area contributed by atoms with Gasteiger partial charge in [0.25, 0.3) is 5.91 Å². The second-order valence-corrected chi connectivity index (χ2v) is 4.49. The van der Waals surface area contributed by atoms with Crippen LogP contribution in [0.4, 0.5) is 0 Å². The summed E-state index contributed by atoms with van der Waals surface area (Å²) in [5, 5.41) is 2.97. The van der Waals surface area contributed by atoms with Crippen molar-refractivity contribution in [1.29, 1.82) is 0 Å². The molecule has 0 saturated carbocycles. The second kappa shape index (κ2) is 7.49. The summed E-state index contributed by atoms with van der Waals surface area (Å²) < 4.78 is 4.46. The van der Waals surface area contributed by atoms with E-state index in [0.29, 0.717) is 10.6 Å². The van der Waals surface area contributed by atoms with E-state index < -0.39 is 23.8 Å². The zero-order chi connectivity index (χ0) is 15.1. The Morgan fingerprint density at radius 3 is 2.40 bits per heavy atom. The second-order valence-electron chi connectivity index (χ2n) is 4.05. The van der Waals surface area contributed by atoms with Crippen molar-refractivity contribution < 1.29 is 19.1 Å². The van der Waals surface area contributed by atoms with E-state index in [0.717, 1.165) is 0 Å². The number of rotatable bonds is 6. The van der Waals surface area contributed by atoms with Gasteiger partial charge in [-0.2, -0.15) is 0 Å². The van der Waals surface area contributed by atoms with Crippen molar-refractivity contribution in [3.63, 3.8) is 0 Å². The van der Waals surface area contributed by atoms with Crippen LogP contribution >= 0.6 is 11.6 Å². The van der Waals surface area contributed by atoms with Crippen molar-refractivity contribution >= 4 is 29.4 Å². The van der Waals surface area contributed by atoms with Gasteiger partial charge in [-0.05, 0) is 30.7 Å².